The second kappa shape index (κ2) is 4.43. The number of nitrogens with zero attached hydrogens (tertiary/aromatic N) is 2. The van der Waals surface area contributed by atoms with E-state index in [-0.39, 0.29) is 0 Å². The Morgan fingerprint density at radius 1 is 1.28 bits per heavy atom. The minimum Gasteiger partial charge on any atom is -0.328 e. The van der Waals surface area contributed by atoms with E-state index in [0.29, 0.717) is 0 Å². The minimum atomic E-state index is 0.748. The number of fused-ring (bicyclic) bond motifs is 1. The number of imidazole rings is 1. The van der Waals surface area contributed by atoms with Crippen molar-refractivity contribution in [1.29, 1.82) is 0 Å². The zero-order chi connectivity index (χ0) is 12.7. The average Bonchev–Trinajstić information content (AvgIpc) is 2.65. The van der Waals surface area contributed by atoms with Crippen molar-refractivity contribution in [2.75, 3.05) is 0 Å². The van der Waals surface area contributed by atoms with Crippen LogP contribution < -0.4 is 0 Å². The number of halogens is 1. The van der Waals surface area contributed by atoms with Gasteiger partial charge in [-0.3, -0.25) is 0 Å². The minimum absolute atomic E-state index is 0.748. The molecule has 0 fully saturated rings. The molecule has 0 saturated carbocycles. The number of hydrogen-bond acceptors (Lipinski definition) is 1. The maximum Gasteiger partial charge on any atom is 0.109 e. The maximum atomic E-state index is 5.95. The monoisotopic (exact) mass is 260 g/mol. The van der Waals surface area contributed by atoms with Gasteiger partial charge in [-0.1, -0.05) is 30.7 Å². The largest absolute Gasteiger partial charge is 0.328 e. The molecule has 2 heterocycles. The van der Waals surface area contributed by atoms with E-state index < -0.39 is 0 Å². The molecule has 3 heteroatoms. The van der Waals surface area contributed by atoms with Crippen LogP contribution in [0.3, 0.4) is 0 Å². The molecule has 1 aromatic heterocycles. The van der Waals surface area contributed by atoms with E-state index in [1.807, 2.05) is 12.1 Å². The van der Waals surface area contributed by atoms with E-state index in [2.05, 4.69) is 30.5 Å². The lowest BCUT2D eigenvalue weighted by Crippen LogP contribution is -2.17. The Morgan fingerprint density at radius 3 is 2.72 bits per heavy atom. The molecule has 0 spiro atoms. The molecule has 0 bridgehead atoms. The third-order valence-corrected chi connectivity index (χ3v) is 3.97. The molecule has 3 rings (SSSR count). The van der Waals surface area contributed by atoms with E-state index in [1.54, 1.807) is 0 Å². The van der Waals surface area contributed by atoms with Gasteiger partial charge in [-0.2, -0.15) is 0 Å². The molecule has 0 N–H and O–H groups in total. The highest BCUT2D eigenvalue weighted by atomic mass is 35.5. The van der Waals surface area contributed by atoms with Crippen LogP contribution in [0.4, 0.5) is 0 Å². The Hall–Kier alpha value is -1.28. The fourth-order valence-electron chi connectivity index (χ4n) is 2.76. The third-order valence-electron chi connectivity index (χ3n) is 3.72. The fourth-order valence-corrected chi connectivity index (χ4v) is 2.89. The number of benzene rings is 1. The number of aryl methyl sites for hydroxylation is 1. The van der Waals surface area contributed by atoms with Gasteiger partial charge in [0.25, 0.3) is 0 Å². The molecular formula is C15H17ClN2. The van der Waals surface area contributed by atoms with Crippen LogP contribution in [0.1, 0.15) is 24.9 Å². The lowest BCUT2D eigenvalue weighted by atomic mass is 10.00. The van der Waals surface area contributed by atoms with Crippen molar-refractivity contribution in [2.24, 2.45) is 5.92 Å². The molecule has 2 aromatic rings. The molecule has 1 aliphatic heterocycles. The van der Waals surface area contributed by atoms with E-state index in [0.717, 1.165) is 29.6 Å². The van der Waals surface area contributed by atoms with Crippen LogP contribution in [0.5, 0.6) is 0 Å². The van der Waals surface area contributed by atoms with E-state index in [4.69, 9.17) is 16.6 Å². The number of aromatic nitrogens is 2. The van der Waals surface area contributed by atoms with Crippen LogP contribution in [-0.4, -0.2) is 9.55 Å². The van der Waals surface area contributed by atoms with Gasteiger partial charge < -0.3 is 4.57 Å². The Kier molecular flexibility index (Phi) is 2.90. The van der Waals surface area contributed by atoms with Crippen LogP contribution >= 0.6 is 11.6 Å². The van der Waals surface area contributed by atoms with Gasteiger partial charge in [-0.05, 0) is 31.4 Å². The Bertz CT molecular complexity index is 569. The highest BCUT2D eigenvalue weighted by Gasteiger charge is 2.21. The van der Waals surface area contributed by atoms with Crippen LogP contribution in [-0.2, 0) is 13.0 Å². The first-order chi connectivity index (χ1) is 8.65. The molecule has 1 unspecified atom stereocenters. The van der Waals surface area contributed by atoms with E-state index >= 15 is 0 Å². The molecule has 0 saturated heterocycles. The second-order valence-electron chi connectivity index (χ2n) is 5.22. The SMILES string of the molecule is Cc1nc2n(c1-c1ccc(Cl)cc1)CCC(C)C2. The Balaban J connectivity index is 2.10. The topological polar surface area (TPSA) is 17.8 Å². The predicted octanol–water partition coefficient (Wildman–Crippen LogP) is 4.09. The Labute approximate surface area is 113 Å². The van der Waals surface area contributed by atoms with Crippen LogP contribution in [0.15, 0.2) is 24.3 Å². The lowest BCUT2D eigenvalue weighted by Gasteiger charge is -2.21. The molecular weight excluding hydrogens is 244 g/mol. The summed E-state index contributed by atoms with van der Waals surface area (Å²) < 4.78 is 2.37. The normalized spacial score (nSPS) is 18.7. The van der Waals surface area contributed by atoms with Gasteiger partial charge in [0.1, 0.15) is 5.82 Å². The summed E-state index contributed by atoms with van der Waals surface area (Å²) in [5.41, 5.74) is 3.60. The van der Waals surface area contributed by atoms with Crippen molar-refractivity contribution in [3.8, 4) is 11.3 Å². The van der Waals surface area contributed by atoms with Gasteiger partial charge in [0, 0.05) is 23.6 Å². The molecule has 0 radical (unpaired) electrons. The van der Waals surface area contributed by atoms with Crippen molar-refractivity contribution in [2.45, 2.75) is 33.2 Å². The summed E-state index contributed by atoms with van der Waals surface area (Å²) in [7, 11) is 0. The van der Waals surface area contributed by atoms with Gasteiger partial charge in [0.2, 0.25) is 0 Å². The molecule has 94 valence electrons. The summed E-state index contributed by atoms with van der Waals surface area (Å²) in [6.45, 7) is 5.48. The van der Waals surface area contributed by atoms with Crippen LogP contribution in [0, 0.1) is 12.8 Å². The van der Waals surface area contributed by atoms with Gasteiger partial charge in [-0.15, -0.1) is 0 Å². The summed E-state index contributed by atoms with van der Waals surface area (Å²) >= 11 is 5.95. The molecule has 18 heavy (non-hydrogen) atoms. The first kappa shape index (κ1) is 11.8. The average molecular weight is 261 g/mol. The predicted molar refractivity (Wildman–Crippen MR) is 74.9 cm³/mol. The molecule has 1 aliphatic rings. The lowest BCUT2D eigenvalue weighted by molar-refractivity contribution is 0.411. The summed E-state index contributed by atoms with van der Waals surface area (Å²) in [4.78, 5) is 4.73. The van der Waals surface area contributed by atoms with Gasteiger partial charge >= 0.3 is 0 Å². The number of hydrogen-bond donors (Lipinski definition) is 0. The highest BCUT2D eigenvalue weighted by Crippen LogP contribution is 2.30. The molecule has 2 nitrogen and oxygen atoms in total. The zero-order valence-corrected chi connectivity index (χ0v) is 11.5. The quantitative estimate of drug-likeness (QED) is 0.755. The zero-order valence-electron chi connectivity index (χ0n) is 10.8. The summed E-state index contributed by atoms with van der Waals surface area (Å²) in [5, 5.41) is 0.781. The van der Waals surface area contributed by atoms with Gasteiger partial charge in [0.05, 0.1) is 11.4 Å². The van der Waals surface area contributed by atoms with Crippen molar-refractivity contribution in [3.63, 3.8) is 0 Å². The summed E-state index contributed by atoms with van der Waals surface area (Å²) in [5.74, 6) is 1.98. The van der Waals surface area contributed by atoms with Crippen LogP contribution in [0.2, 0.25) is 5.02 Å². The summed E-state index contributed by atoms with van der Waals surface area (Å²) in [6.07, 6.45) is 2.33. The first-order valence-electron chi connectivity index (χ1n) is 6.47. The standard InChI is InChI=1S/C15H17ClN2/c1-10-7-8-18-14(9-10)17-11(2)15(18)12-3-5-13(16)6-4-12/h3-6,10H,7-9H2,1-2H3. The van der Waals surface area contributed by atoms with Crippen molar-refractivity contribution in [1.82, 2.24) is 9.55 Å². The second-order valence-corrected chi connectivity index (χ2v) is 5.65. The third kappa shape index (κ3) is 1.95. The molecule has 1 aromatic carbocycles. The maximum absolute atomic E-state index is 5.95. The van der Waals surface area contributed by atoms with Crippen molar-refractivity contribution in [3.05, 3.63) is 40.8 Å². The summed E-state index contributed by atoms with van der Waals surface area (Å²) in [6, 6.07) is 8.05. The van der Waals surface area contributed by atoms with Gasteiger partial charge in [-0.25, -0.2) is 4.98 Å². The fraction of sp³-hybridized carbons (Fsp3) is 0.400. The molecule has 1 atom stereocenters. The van der Waals surface area contributed by atoms with E-state index in [1.165, 1.54) is 23.5 Å². The van der Waals surface area contributed by atoms with Crippen LogP contribution in [0.25, 0.3) is 11.3 Å². The smallest absolute Gasteiger partial charge is 0.109 e. The number of rotatable bonds is 1. The molecule has 0 aliphatic carbocycles. The molecule has 0 amide bonds. The van der Waals surface area contributed by atoms with E-state index in [9.17, 15) is 0 Å². The van der Waals surface area contributed by atoms with Gasteiger partial charge in [0.15, 0.2) is 0 Å². The Morgan fingerprint density at radius 2 is 2.00 bits per heavy atom. The van der Waals surface area contributed by atoms with Crippen molar-refractivity contribution < 1.29 is 0 Å². The van der Waals surface area contributed by atoms with Crippen molar-refractivity contribution >= 4 is 11.6 Å². The highest BCUT2D eigenvalue weighted by molar-refractivity contribution is 6.30. The first-order valence-corrected chi connectivity index (χ1v) is 6.85.